The molecule has 1 saturated heterocycles. The molecule has 3 aromatic rings. The number of halogens is 1. The third kappa shape index (κ3) is 4.12. The number of piperazine rings is 1. The average molecular weight is 457 g/mol. The number of aryl methyl sites for hydroxylation is 1. The first-order chi connectivity index (χ1) is 14.8. The van der Waals surface area contributed by atoms with Crippen LogP contribution in [-0.2, 0) is 0 Å². The Morgan fingerprint density at radius 3 is 2.68 bits per heavy atom. The van der Waals surface area contributed by atoms with E-state index < -0.39 is 5.60 Å². The summed E-state index contributed by atoms with van der Waals surface area (Å²) in [5, 5.41) is 18.4. The van der Waals surface area contributed by atoms with E-state index in [1.165, 1.54) is 10.9 Å². The third-order valence-corrected chi connectivity index (χ3v) is 7.67. The molecule has 5 rings (SSSR count). The van der Waals surface area contributed by atoms with Crippen molar-refractivity contribution < 1.29 is 5.11 Å². The fraction of sp³-hybridized carbons (Fsp3) is 0.500. The highest BCUT2D eigenvalue weighted by Crippen LogP contribution is 2.57. The maximum atomic E-state index is 10.9. The molecule has 0 bridgehead atoms. The van der Waals surface area contributed by atoms with Gasteiger partial charge in [0.15, 0.2) is 0 Å². The summed E-state index contributed by atoms with van der Waals surface area (Å²) < 4.78 is 0. The van der Waals surface area contributed by atoms with Gasteiger partial charge in [0.2, 0.25) is 0 Å². The van der Waals surface area contributed by atoms with Crippen LogP contribution in [-0.4, -0.2) is 51.8 Å². The lowest BCUT2D eigenvalue weighted by molar-refractivity contribution is -0.0256. The second-order valence-electron chi connectivity index (χ2n) is 9.37. The molecule has 2 N–H and O–H groups in total. The summed E-state index contributed by atoms with van der Waals surface area (Å²) >= 11 is 8.51. The second-order valence-corrected chi connectivity index (χ2v) is 10.7. The van der Waals surface area contributed by atoms with Crippen LogP contribution in [0.1, 0.15) is 60.8 Å². The first kappa shape index (κ1) is 21.3. The van der Waals surface area contributed by atoms with Gasteiger partial charge in [-0.15, -0.1) is 11.3 Å². The van der Waals surface area contributed by atoms with Crippen molar-refractivity contribution in [1.82, 2.24) is 20.2 Å². The summed E-state index contributed by atoms with van der Waals surface area (Å²) in [6.45, 7) is 9.47. The zero-order valence-electron chi connectivity index (χ0n) is 18.2. The van der Waals surface area contributed by atoms with Gasteiger partial charge >= 0.3 is 0 Å². The van der Waals surface area contributed by atoms with Gasteiger partial charge < -0.3 is 10.4 Å². The number of hydrogen-bond acceptors (Lipinski definition) is 6. The summed E-state index contributed by atoms with van der Waals surface area (Å²) in [5.41, 5.74) is 2.57. The van der Waals surface area contributed by atoms with Crippen LogP contribution in [0.25, 0.3) is 10.2 Å². The van der Waals surface area contributed by atoms with Crippen LogP contribution in [0.5, 0.6) is 0 Å². The second kappa shape index (κ2) is 8.09. The maximum Gasteiger partial charge on any atom is 0.127 e. The van der Waals surface area contributed by atoms with E-state index >= 15 is 0 Å². The number of aromatic nitrogens is 2. The Labute approximate surface area is 192 Å². The van der Waals surface area contributed by atoms with Gasteiger partial charge in [0, 0.05) is 42.5 Å². The normalized spacial score (nSPS) is 23.3. The third-order valence-electron chi connectivity index (χ3n) is 6.53. The van der Waals surface area contributed by atoms with Crippen LogP contribution in [0.15, 0.2) is 29.6 Å². The average Bonchev–Trinajstić information content (AvgIpc) is 3.35. The fourth-order valence-electron chi connectivity index (χ4n) is 5.13. The number of thiophene rings is 1. The monoisotopic (exact) mass is 456 g/mol. The smallest absolute Gasteiger partial charge is 0.127 e. The van der Waals surface area contributed by atoms with Crippen molar-refractivity contribution in [1.29, 1.82) is 0 Å². The lowest BCUT2D eigenvalue weighted by Crippen LogP contribution is -2.50. The Kier molecular flexibility index (Phi) is 5.55. The van der Waals surface area contributed by atoms with E-state index in [4.69, 9.17) is 16.6 Å². The minimum absolute atomic E-state index is 0.0777. The van der Waals surface area contributed by atoms with Gasteiger partial charge in [-0.2, -0.15) is 0 Å². The molecule has 0 radical (unpaired) electrons. The van der Waals surface area contributed by atoms with Gasteiger partial charge in [0.25, 0.3) is 0 Å². The number of nitrogens with one attached hydrogen (secondary N) is 1. The largest absolute Gasteiger partial charge is 0.388 e. The van der Waals surface area contributed by atoms with Crippen LogP contribution < -0.4 is 5.32 Å². The lowest BCUT2D eigenvalue weighted by atomic mass is 9.89. The molecule has 1 aliphatic heterocycles. The Bertz CT molecular complexity index is 1100. The van der Waals surface area contributed by atoms with Crippen molar-refractivity contribution in [2.45, 2.75) is 50.7 Å². The van der Waals surface area contributed by atoms with Crippen molar-refractivity contribution in [2.24, 2.45) is 0 Å². The topological polar surface area (TPSA) is 61.3 Å². The van der Waals surface area contributed by atoms with Gasteiger partial charge in [-0.25, -0.2) is 9.97 Å². The Balaban J connectivity index is 1.43. The van der Waals surface area contributed by atoms with E-state index in [-0.39, 0.29) is 6.04 Å². The highest BCUT2D eigenvalue weighted by atomic mass is 35.5. The molecule has 3 unspecified atom stereocenters. The van der Waals surface area contributed by atoms with Gasteiger partial charge in [-0.1, -0.05) is 23.7 Å². The summed E-state index contributed by atoms with van der Waals surface area (Å²) in [4.78, 5) is 12.8. The number of nitrogens with zero attached hydrogens (tertiary/aromatic N) is 3. The molecule has 1 aromatic carbocycles. The van der Waals surface area contributed by atoms with Crippen LogP contribution in [0, 0.1) is 6.92 Å². The molecule has 0 spiro atoms. The number of rotatable bonds is 5. The SMILES string of the molecule is Cc1nc(C2CC2c2ccc(C(N3CCNCC3)C(C)(C)O)cc2Cl)c2ccsc2n1. The van der Waals surface area contributed by atoms with Crippen molar-refractivity contribution in [2.75, 3.05) is 26.2 Å². The van der Waals surface area contributed by atoms with Crippen LogP contribution in [0.3, 0.4) is 0 Å². The highest BCUT2D eigenvalue weighted by molar-refractivity contribution is 7.16. The molecule has 0 amide bonds. The number of hydrogen-bond donors (Lipinski definition) is 2. The molecule has 164 valence electrons. The highest BCUT2D eigenvalue weighted by Gasteiger charge is 2.43. The zero-order valence-corrected chi connectivity index (χ0v) is 19.8. The minimum atomic E-state index is -0.854. The standard InChI is InChI=1S/C24H29ClN4OS/c1-14-27-21(17-6-11-31-23(17)28-14)19-13-18(19)16-5-4-15(12-20(16)25)22(24(2,3)30)29-9-7-26-8-10-29/h4-6,11-12,18-19,22,26,30H,7-10,13H2,1-3H3. The molecule has 2 fully saturated rings. The molecular formula is C24H29ClN4OS. The Morgan fingerprint density at radius 1 is 1.19 bits per heavy atom. The van der Waals surface area contributed by atoms with Crippen LogP contribution in [0.4, 0.5) is 0 Å². The molecule has 1 aliphatic carbocycles. The molecule has 3 heterocycles. The van der Waals surface area contributed by atoms with E-state index in [0.717, 1.165) is 59.5 Å². The van der Waals surface area contributed by atoms with E-state index in [0.29, 0.717) is 11.8 Å². The van der Waals surface area contributed by atoms with Gasteiger partial charge in [0.05, 0.1) is 17.3 Å². The molecule has 2 aliphatic rings. The Morgan fingerprint density at radius 2 is 1.97 bits per heavy atom. The van der Waals surface area contributed by atoms with E-state index in [1.807, 2.05) is 20.8 Å². The fourth-order valence-corrected chi connectivity index (χ4v) is 6.28. The molecule has 3 atom stereocenters. The Hall–Kier alpha value is -1.57. The number of aliphatic hydroxyl groups is 1. The first-order valence-corrected chi connectivity index (χ1v) is 12.3. The minimum Gasteiger partial charge on any atom is -0.388 e. The number of fused-ring (bicyclic) bond motifs is 1. The molecule has 7 heteroatoms. The van der Waals surface area contributed by atoms with Crippen molar-refractivity contribution in [3.05, 3.63) is 57.3 Å². The van der Waals surface area contributed by atoms with Crippen molar-refractivity contribution in [3.8, 4) is 0 Å². The first-order valence-electron chi connectivity index (χ1n) is 11.0. The predicted molar refractivity (Wildman–Crippen MR) is 127 cm³/mol. The van der Waals surface area contributed by atoms with Crippen molar-refractivity contribution in [3.63, 3.8) is 0 Å². The predicted octanol–water partition coefficient (Wildman–Crippen LogP) is 4.64. The summed E-state index contributed by atoms with van der Waals surface area (Å²) in [6, 6.07) is 8.46. The summed E-state index contributed by atoms with van der Waals surface area (Å²) in [5.74, 6) is 1.61. The molecule has 31 heavy (non-hydrogen) atoms. The van der Waals surface area contributed by atoms with E-state index in [9.17, 15) is 5.11 Å². The van der Waals surface area contributed by atoms with Gasteiger partial charge in [0.1, 0.15) is 10.7 Å². The summed E-state index contributed by atoms with van der Waals surface area (Å²) in [6.07, 6.45) is 1.06. The van der Waals surface area contributed by atoms with Crippen LogP contribution in [0.2, 0.25) is 5.02 Å². The maximum absolute atomic E-state index is 10.9. The van der Waals surface area contributed by atoms with Crippen molar-refractivity contribution >= 4 is 33.2 Å². The zero-order chi connectivity index (χ0) is 21.8. The van der Waals surface area contributed by atoms with Gasteiger partial charge in [-0.05, 0) is 61.7 Å². The quantitative estimate of drug-likeness (QED) is 0.585. The van der Waals surface area contributed by atoms with Crippen LogP contribution >= 0.6 is 22.9 Å². The van der Waals surface area contributed by atoms with E-state index in [1.54, 1.807) is 11.3 Å². The van der Waals surface area contributed by atoms with E-state index in [2.05, 4.69) is 44.8 Å². The number of benzene rings is 1. The molecule has 2 aromatic heterocycles. The summed E-state index contributed by atoms with van der Waals surface area (Å²) in [7, 11) is 0. The lowest BCUT2D eigenvalue weighted by Gasteiger charge is -2.41. The molecule has 5 nitrogen and oxygen atoms in total. The molecule has 1 saturated carbocycles. The van der Waals surface area contributed by atoms with Gasteiger partial charge in [-0.3, -0.25) is 4.90 Å². The molecular weight excluding hydrogens is 428 g/mol.